The number of benzene rings is 1. The average Bonchev–Trinajstić information content (AvgIpc) is 2.44. The molecule has 104 valence electrons. The van der Waals surface area contributed by atoms with Crippen molar-refractivity contribution in [1.29, 1.82) is 0 Å². The van der Waals surface area contributed by atoms with Crippen LogP contribution in [-0.2, 0) is 9.53 Å². The van der Waals surface area contributed by atoms with Gasteiger partial charge in [0.15, 0.2) is 0 Å². The van der Waals surface area contributed by atoms with E-state index in [1.54, 1.807) is 12.1 Å². The number of para-hydroxylation sites is 1. The second-order valence-corrected chi connectivity index (χ2v) is 3.97. The van der Waals surface area contributed by atoms with Crippen LogP contribution >= 0.6 is 0 Å². The van der Waals surface area contributed by atoms with E-state index in [9.17, 15) is 9.59 Å². The molecule has 0 saturated heterocycles. The predicted molar refractivity (Wildman–Crippen MR) is 74.2 cm³/mol. The lowest BCUT2D eigenvalue weighted by molar-refractivity contribution is -0.141. The van der Waals surface area contributed by atoms with Gasteiger partial charge < -0.3 is 15.0 Å². The third-order valence-electron chi connectivity index (χ3n) is 2.74. The first-order valence-electron chi connectivity index (χ1n) is 6.33. The minimum absolute atomic E-state index is 0.0354. The lowest BCUT2D eigenvalue weighted by Crippen LogP contribution is -2.36. The van der Waals surface area contributed by atoms with Gasteiger partial charge in [-0.3, -0.25) is 9.59 Å². The summed E-state index contributed by atoms with van der Waals surface area (Å²) in [5.74, 6) is -0.597. The van der Waals surface area contributed by atoms with Crippen LogP contribution < -0.4 is 5.32 Å². The number of ether oxygens (including phenoxy) is 1. The molecule has 0 aliphatic heterocycles. The minimum atomic E-state index is -0.420. The molecule has 0 atom stereocenters. The van der Waals surface area contributed by atoms with Crippen LogP contribution in [0.5, 0.6) is 0 Å². The highest BCUT2D eigenvalue weighted by Gasteiger charge is 2.19. The van der Waals surface area contributed by atoms with Gasteiger partial charge in [0.2, 0.25) is 0 Å². The predicted octanol–water partition coefficient (Wildman–Crippen LogP) is 1.75. The summed E-state index contributed by atoms with van der Waals surface area (Å²) in [4.78, 5) is 25.2. The lowest BCUT2D eigenvalue weighted by atomic mass is 10.1. The first kappa shape index (κ1) is 15.0. The van der Waals surface area contributed by atoms with E-state index in [2.05, 4.69) is 10.1 Å². The Balaban J connectivity index is 2.93. The first-order valence-corrected chi connectivity index (χ1v) is 6.33. The monoisotopic (exact) mass is 264 g/mol. The third-order valence-corrected chi connectivity index (χ3v) is 2.74. The molecule has 1 aromatic rings. The maximum Gasteiger partial charge on any atom is 0.325 e. The van der Waals surface area contributed by atoms with Gasteiger partial charge in [-0.05, 0) is 26.0 Å². The number of methoxy groups -OCH3 is 1. The molecule has 0 aliphatic rings. The molecule has 1 aromatic carbocycles. The third kappa shape index (κ3) is 3.98. The average molecular weight is 264 g/mol. The van der Waals surface area contributed by atoms with E-state index >= 15 is 0 Å². The van der Waals surface area contributed by atoms with Crippen molar-refractivity contribution in [3.63, 3.8) is 0 Å². The van der Waals surface area contributed by atoms with Crippen LogP contribution in [0.2, 0.25) is 0 Å². The molecule has 1 rings (SSSR count). The Bertz CT molecular complexity index is 446. The summed E-state index contributed by atoms with van der Waals surface area (Å²) in [6.07, 6.45) is 0. The molecule has 1 amide bonds. The Morgan fingerprint density at radius 1 is 1.26 bits per heavy atom. The highest BCUT2D eigenvalue weighted by Crippen LogP contribution is 2.17. The fourth-order valence-electron chi connectivity index (χ4n) is 1.73. The molecule has 0 fully saturated rings. The van der Waals surface area contributed by atoms with Crippen LogP contribution in [0.25, 0.3) is 0 Å². The van der Waals surface area contributed by atoms with Gasteiger partial charge in [0.1, 0.15) is 6.54 Å². The maximum absolute atomic E-state index is 12.4. The van der Waals surface area contributed by atoms with Gasteiger partial charge >= 0.3 is 5.97 Å². The van der Waals surface area contributed by atoms with E-state index in [0.29, 0.717) is 12.1 Å². The first-order chi connectivity index (χ1) is 9.13. The van der Waals surface area contributed by atoms with Crippen molar-refractivity contribution in [3.8, 4) is 0 Å². The largest absolute Gasteiger partial charge is 0.468 e. The molecule has 0 bridgehead atoms. The fraction of sp³-hybridized carbons (Fsp3) is 0.429. The highest BCUT2D eigenvalue weighted by atomic mass is 16.5. The number of hydrogen-bond acceptors (Lipinski definition) is 4. The van der Waals surface area contributed by atoms with Crippen LogP contribution in [0.4, 0.5) is 5.69 Å². The van der Waals surface area contributed by atoms with Crippen molar-refractivity contribution in [2.45, 2.75) is 13.8 Å². The van der Waals surface area contributed by atoms with Crippen molar-refractivity contribution in [2.75, 3.05) is 32.1 Å². The zero-order chi connectivity index (χ0) is 14.3. The van der Waals surface area contributed by atoms with Crippen molar-refractivity contribution < 1.29 is 14.3 Å². The summed E-state index contributed by atoms with van der Waals surface area (Å²) >= 11 is 0. The van der Waals surface area contributed by atoms with Crippen LogP contribution in [0.15, 0.2) is 24.3 Å². The van der Waals surface area contributed by atoms with Crippen molar-refractivity contribution in [2.24, 2.45) is 0 Å². The molecule has 19 heavy (non-hydrogen) atoms. The molecule has 5 nitrogen and oxygen atoms in total. The van der Waals surface area contributed by atoms with E-state index in [-0.39, 0.29) is 12.5 Å². The normalized spacial score (nSPS) is 9.84. The molecule has 0 saturated carbocycles. The molecular formula is C14H20N2O3. The smallest absolute Gasteiger partial charge is 0.325 e. The summed E-state index contributed by atoms with van der Waals surface area (Å²) in [7, 11) is 1.31. The Labute approximate surface area is 113 Å². The fourth-order valence-corrected chi connectivity index (χ4v) is 1.73. The number of amides is 1. The maximum atomic E-state index is 12.4. The zero-order valence-electron chi connectivity index (χ0n) is 11.6. The molecule has 0 unspecified atom stereocenters. The molecule has 0 radical (unpaired) electrons. The summed E-state index contributed by atoms with van der Waals surface area (Å²) in [5, 5.41) is 3.14. The van der Waals surface area contributed by atoms with E-state index < -0.39 is 5.97 Å². The standard InChI is InChI=1S/C14H20N2O3/c1-4-15-12-9-7-6-8-11(12)14(18)16(5-2)10-13(17)19-3/h6-9,15H,4-5,10H2,1-3H3. The SMILES string of the molecule is CCNc1ccccc1C(=O)N(CC)CC(=O)OC. The molecule has 5 heteroatoms. The molecule has 1 N–H and O–H groups in total. The van der Waals surface area contributed by atoms with Crippen LogP contribution in [0.3, 0.4) is 0 Å². The minimum Gasteiger partial charge on any atom is -0.468 e. The summed E-state index contributed by atoms with van der Waals surface area (Å²) in [6.45, 7) is 4.94. The van der Waals surface area contributed by atoms with Gasteiger partial charge in [-0.25, -0.2) is 0 Å². The van der Waals surface area contributed by atoms with Gasteiger partial charge in [0.25, 0.3) is 5.91 Å². The summed E-state index contributed by atoms with van der Waals surface area (Å²) in [5.41, 5.74) is 1.34. The Hall–Kier alpha value is -2.04. The number of nitrogens with one attached hydrogen (secondary N) is 1. The van der Waals surface area contributed by atoms with E-state index in [1.165, 1.54) is 12.0 Å². The highest BCUT2D eigenvalue weighted by molar-refractivity contribution is 6.00. The summed E-state index contributed by atoms with van der Waals surface area (Å²) in [6, 6.07) is 7.27. The van der Waals surface area contributed by atoms with Crippen molar-refractivity contribution >= 4 is 17.6 Å². The van der Waals surface area contributed by atoms with Gasteiger partial charge in [-0.15, -0.1) is 0 Å². The van der Waals surface area contributed by atoms with Gasteiger partial charge in [-0.1, -0.05) is 12.1 Å². The van der Waals surface area contributed by atoms with Crippen LogP contribution in [-0.4, -0.2) is 43.5 Å². The topological polar surface area (TPSA) is 58.6 Å². The van der Waals surface area contributed by atoms with E-state index in [4.69, 9.17) is 0 Å². The van der Waals surface area contributed by atoms with Crippen molar-refractivity contribution in [3.05, 3.63) is 29.8 Å². The van der Waals surface area contributed by atoms with Gasteiger partial charge in [0, 0.05) is 18.8 Å². The Morgan fingerprint density at radius 3 is 2.53 bits per heavy atom. The molecule has 0 aliphatic carbocycles. The summed E-state index contributed by atoms with van der Waals surface area (Å²) < 4.78 is 4.60. The second-order valence-electron chi connectivity index (χ2n) is 3.97. The lowest BCUT2D eigenvalue weighted by Gasteiger charge is -2.21. The number of esters is 1. The Morgan fingerprint density at radius 2 is 1.95 bits per heavy atom. The zero-order valence-corrected chi connectivity index (χ0v) is 11.6. The Kier molecular flexibility index (Phi) is 5.85. The van der Waals surface area contributed by atoms with Crippen LogP contribution in [0, 0.1) is 0 Å². The van der Waals surface area contributed by atoms with Gasteiger partial charge in [-0.2, -0.15) is 0 Å². The van der Waals surface area contributed by atoms with Gasteiger partial charge in [0.05, 0.1) is 12.7 Å². The van der Waals surface area contributed by atoms with E-state index in [1.807, 2.05) is 26.0 Å². The quantitative estimate of drug-likeness (QED) is 0.795. The van der Waals surface area contributed by atoms with Crippen LogP contribution in [0.1, 0.15) is 24.2 Å². The number of hydrogen-bond donors (Lipinski definition) is 1. The molecule has 0 spiro atoms. The van der Waals surface area contributed by atoms with Crippen molar-refractivity contribution in [1.82, 2.24) is 4.90 Å². The number of likely N-dealkylation sites (N-methyl/N-ethyl adjacent to an activating group) is 1. The molecular weight excluding hydrogens is 244 g/mol. The molecule has 0 heterocycles. The number of anilines is 1. The number of nitrogens with zero attached hydrogens (tertiary/aromatic N) is 1. The molecule has 0 aromatic heterocycles. The number of rotatable bonds is 6. The number of carbonyl (C=O) groups excluding carboxylic acids is 2. The second kappa shape index (κ2) is 7.41. The number of carbonyl (C=O) groups is 2. The van der Waals surface area contributed by atoms with E-state index in [0.717, 1.165) is 12.2 Å².